The number of benzene rings is 8. The summed E-state index contributed by atoms with van der Waals surface area (Å²) >= 11 is 0. The van der Waals surface area contributed by atoms with E-state index in [0.717, 1.165) is 29.6 Å². The molecule has 0 aliphatic heterocycles. The number of fused-ring (bicyclic) bond motifs is 15. The summed E-state index contributed by atoms with van der Waals surface area (Å²) in [6.45, 7) is 0. The van der Waals surface area contributed by atoms with Gasteiger partial charge in [-0.25, -0.2) is 0 Å². The average Bonchev–Trinajstić information content (AvgIpc) is 4.00. The molecule has 8 atom stereocenters. The van der Waals surface area contributed by atoms with Crippen molar-refractivity contribution in [2.24, 2.45) is 29.1 Å². The first-order valence-corrected chi connectivity index (χ1v) is 26.8. The first kappa shape index (κ1) is 38.4. The Morgan fingerprint density at radius 2 is 0.841 bits per heavy atom. The second-order valence-corrected chi connectivity index (χ2v) is 23.7. The fraction of sp³-hybridized carbons (Fsp3) is 0.294. The number of hydrogen-bond donors (Lipinski definition) is 0. The summed E-state index contributed by atoms with van der Waals surface area (Å²) in [5.41, 5.74) is 27.6. The molecule has 0 amide bonds. The number of hydrogen-bond acceptors (Lipinski definition) is 1. The molecule has 5 saturated carbocycles. The van der Waals surface area contributed by atoms with Crippen molar-refractivity contribution >= 4 is 17.1 Å². The van der Waals surface area contributed by atoms with Gasteiger partial charge in [-0.05, 0) is 231 Å². The fourth-order valence-corrected chi connectivity index (χ4v) is 18.3. The van der Waals surface area contributed by atoms with Gasteiger partial charge in [0.15, 0.2) is 0 Å². The minimum Gasteiger partial charge on any atom is -0.310 e. The summed E-state index contributed by atoms with van der Waals surface area (Å²) in [4.78, 5) is 2.56. The van der Waals surface area contributed by atoms with Gasteiger partial charge in [0.2, 0.25) is 0 Å². The molecule has 0 N–H and O–H groups in total. The van der Waals surface area contributed by atoms with Crippen LogP contribution < -0.4 is 4.90 Å². The summed E-state index contributed by atoms with van der Waals surface area (Å²) in [6, 6.07) is 68.9. The Labute approximate surface area is 407 Å². The third-order valence-electron chi connectivity index (χ3n) is 20.8. The van der Waals surface area contributed by atoms with Crippen LogP contribution in [0.5, 0.6) is 0 Å². The zero-order valence-corrected chi connectivity index (χ0v) is 39.4. The Bertz CT molecular complexity index is 3460. The molecule has 10 aliphatic rings. The van der Waals surface area contributed by atoms with Crippen LogP contribution in [-0.4, -0.2) is 0 Å². The van der Waals surface area contributed by atoms with Gasteiger partial charge in [0, 0.05) is 16.9 Å². The molecule has 2 spiro atoms. The van der Waals surface area contributed by atoms with E-state index in [0.29, 0.717) is 23.2 Å². The van der Waals surface area contributed by atoms with Crippen LogP contribution in [0.3, 0.4) is 0 Å². The highest BCUT2D eigenvalue weighted by atomic mass is 15.1. The zero-order valence-electron chi connectivity index (χ0n) is 39.4. The molecule has 5 fully saturated rings. The van der Waals surface area contributed by atoms with Crippen molar-refractivity contribution in [1.82, 2.24) is 0 Å². The van der Waals surface area contributed by atoms with E-state index in [4.69, 9.17) is 0 Å². The summed E-state index contributed by atoms with van der Waals surface area (Å²) < 4.78 is 0. The molecule has 8 aromatic carbocycles. The minimum atomic E-state index is -0.411. The predicted molar refractivity (Wildman–Crippen MR) is 282 cm³/mol. The maximum absolute atomic E-state index is 2.87. The predicted octanol–water partition coefficient (Wildman–Crippen LogP) is 17.6. The summed E-state index contributed by atoms with van der Waals surface area (Å²) in [6.07, 6.45) is 14.2. The van der Waals surface area contributed by atoms with Gasteiger partial charge < -0.3 is 4.90 Å². The molecule has 334 valence electrons. The molecule has 0 radical (unpaired) electrons. The Morgan fingerprint density at radius 1 is 0.333 bits per heavy atom. The number of rotatable bonds is 5. The first-order valence-electron chi connectivity index (χ1n) is 26.8. The molecule has 7 bridgehead atoms. The SMILES string of the molecule is c1ccc(-c2ccc(N(c3ccc4c(c3)C3(c5ccccc5-4)c4cc5c(cc4-c4cc6c(cc43)C3CC4CC7CC6CC74C3)C3CC4CC(C3)CC5C4)c3ccccc3-c3ccccc3)cc2)cc1. The molecule has 8 unspecified atom stereocenters. The molecular weight excluding hydrogens is 831 g/mol. The Balaban J connectivity index is 0.933. The van der Waals surface area contributed by atoms with Gasteiger partial charge in [-0.3, -0.25) is 0 Å². The normalized spacial score (nSPS) is 30.1. The highest BCUT2D eigenvalue weighted by molar-refractivity contribution is 5.98. The van der Waals surface area contributed by atoms with Crippen molar-refractivity contribution in [3.05, 3.63) is 220 Å². The molecule has 0 heterocycles. The molecule has 0 aromatic heterocycles. The van der Waals surface area contributed by atoms with Crippen LogP contribution in [0.2, 0.25) is 0 Å². The van der Waals surface area contributed by atoms with Gasteiger partial charge in [0.1, 0.15) is 0 Å². The van der Waals surface area contributed by atoms with Crippen molar-refractivity contribution in [2.75, 3.05) is 4.90 Å². The molecule has 1 nitrogen and oxygen atoms in total. The van der Waals surface area contributed by atoms with Crippen LogP contribution in [0.1, 0.15) is 132 Å². The highest BCUT2D eigenvalue weighted by Gasteiger charge is 2.66. The largest absolute Gasteiger partial charge is 0.310 e. The van der Waals surface area contributed by atoms with Crippen LogP contribution in [0, 0.1) is 29.1 Å². The quantitative estimate of drug-likeness (QED) is 0.166. The van der Waals surface area contributed by atoms with E-state index in [1.165, 1.54) is 126 Å². The van der Waals surface area contributed by atoms with Crippen molar-refractivity contribution in [2.45, 2.75) is 93.3 Å². The minimum absolute atomic E-state index is 0.411. The molecule has 0 saturated heterocycles. The lowest BCUT2D eigenvalue weighted by atomic mass is 9.56. The van der Waals surface area contributed by atoms with E-state index < -0.39 is 5.41 Å². The van der Waals surface area contributed by atoms with E-state index >= 15 is 0 Å². The Hall–Kier alpha value is -6.44. The van der Waals surface area contributed by atoms with Crippen molar-refractivity contribution < 1.29 is 0 Å². The van der Waals surface area contributed by atoms with Crippen molar-refractivity contribution in [3.63, 3.8) is 0 Å². The second kappa shape index (κ2) is 13.7. The lowest BCUT2D eigenvalue weighted by molar-refractivity contribution is 0.00322. The number of anilines is 3. The zero-order chi connectivity index (χ0) is 44.7. The van der Waals surface area contributed by atoms with Crippen molar-refractivity contribution in [3.8, 4) is 44.5 Å². The van der Waals surface area contributed by atoms with Gasteiger partial charge in [-0.15, -0.1) is 0 Å². The topological polar surface area (TPSA) is 3.24 Å². The van der Waals surface area contributed by atoms with E-state index in [2.05, 4.69) is 181 Å². The van der Waals surface area contributed by atoms with Gasteiger partial charge >= 0.3 is 0 Å². The van der Waals surface area contributed by atoms with Gasteiger partial charge in [-0.2, -0.15) is 0 Å². The van der Waals surface area contributed by atoms with Crippen molar-refractivity contribution in [1.29, 1.82) is 0 Å². The van der Waals surface area contributed by atoms with Crippen LogP contribution in [0.4, 0.5) is 17.1 Å². The summed E-state index contributed by atoms with van der Waals surface area (Å²) in [5.74, 6) is 6.52. The van der Waals surface area contributed by atoms with Gasteiger partial charge in [-0.1, -0.05) is 146 Å². The third-order valence-corrected chi connectivity index (χ3v) is 20.8. The molecular formula is C68H57N. The third kappa shape index (κ3) is 5.02. The molecule has 10 aliphatic carbocycles. The average molecular weight is 888 g/mol. The number of nitrogens with zero attached hydrogens (tertiary/aromatic N) is 1. The Kier molecular flexibility index (Phi) is 7.61. The van der Waals surface area contributed by atoms with Crippen LogP contribution in [0.15, 0.2) is 176 Å². The maximum atomic E-state index is 2.87. The first-order chi connectivity index (χ1) is 34.1. The molecule has 8 aromatic rings. The number of para-hydroxylation sites is 1. The standard InChI is InChI=1S/C68H57N/c1-3-11-42(12-4-1)43-19-21-51(22-20-43)69(66-18-10-8-15-53(66)44-13-5-2-6-14-44)52-23-24-55-54-16-7-9-17-62(54)68(63(55)33-52)64-36-58-46-28-40-25-41(29-46)27-45(26-40)56(58)34-60(64)61-35-57-47-30-49-32-50-31-48(39-67(49,50)38-47)59(57)37-65(61)68/h1-24,33-37,40-41,45-50H,25-32,38-39H2. The van der Waals surface area contributed by atoms with Crippen LogP contribution >= 0.6 is 0 Å². The van der Waals surface area contributed by atoms with E-state index in [1.54, 1.807) is 44.5 Å². The lowest BCUT2D eigenvalue weighted by Gasteiger charge is -2.48. The lowest BCUT2D eigenvalue weighted by Crippen LogP contribution is -2.41. The molecule has 18 rings (SSSR count). The molecule has 1 heteroatoms. The monoisotopic (exact) mass is 887 g/mol. The Morgan fingerprint density at radius 3 is 1.52 bits per heavy atom. The van der Waals surface area contributed by atoms with E-state index in [9.17, 15) is 0 Å². The van der Waals surface area contributed by atoms with Gasteiger partial charge in [0.05, 0.1) is 11.1 Å². The summed E-state index contributed by atoms with van der Waals surface area (Å²) in [5, 5.41) is 0. The molecule has 69 heavy (non-hydrogen) atoms. The summed E-state index contributed by atoms with van der Waals surface area (Å²) in [7, 11) is 0. The maximum Gasteiger partial charge on any atom is 0.0726 e. The highest BCUT2D eigenvalue weighted by Crippen LogP contribution is 2.77. The van der Waals surface area contributed by atoms with E-state index in [1.807, 2.05) is 0 Å². The van der Waals surface area contributed by atoms with Crippen LogP contribution in [0.25, 0.3) is 44.5 Å². The van der Waals surface area contributed by atoms with Crippen LogP contribution in [-0.2, 0) is 5.41 Å². The fourth-order valence-electron chi connectivity index (χ4n) is 18.3. The smallest absolute Gasteiger partial charge is 0.0726 e. The van der Waals surface area contributed by atoms with E-state index in [-0.39, 0.29) is 0 Å². The van der Waals surface area contributed by atoms with Gasteiger partial charge in [0.25, 0.3) is 0 Å². The second-order valence-electron chi connectivity index (χ2n) is 23.7.